The topological polar surface area (TPSA) is 47.7 Å². The molecule has 1 fully saturated rings. The molecule has 21 heavy (non-hydrogen) atoms. The fourth-order valence-corrected chi connectivity index (χ4v) is 3.16. The lowest BCUT2D eigenvalue weighted by Crippen LogP contribution is -2.21. The minimum absolute atomic E-state index is 0.205. The molecule has 0 amide bonds. The third-order valence-corrected chi connectivity index (χ3v) is 4.34. The number of methoxy groups -OCH3 is 2. The summed E-state index contributed by atoms with van der Waals surface area (Å²) in [4.78, 5) is 2.26. The van der Waals surface area contributed by atoms with Crippen molar-refractivity contribution in [2.45, 2.75) is 25.6 Å². The average molecular weight is 296 g/mol. The zero-order chi connectivity index (χ0) is 15.6. The van der Waals surface area contributed by atoms with Gasteiger partial charge in [0.1, 0.15) is 17.7 Å². The van der Waals surface area contributed by atoms with Crippen LogP contribution in [0, 0.1) is 5.92 Å². The fourth-order valence-electron chi connectivity index (χ4n) is 3.16. The summed E-state index contributed by atoms with van der Waals surface area (Å²) >= 11 is 0. The van der Waals surface area contributed by atoms with Crippen molar-refractivity contribution in [1.29, 1.82) is 0 Å². The quantitative estimate of drug-likeness (QED) is 0.907. The number of hydrogen-bond donors (Lipinski definition) is 1. The number of ether oxygens (including phenoxy) is 2. The molecule has 0 aliphatic carbocycles. The van der Waals surface area contributed by atoms with Gasteiger partial charge < -0.3 is 15.2 Å². The van der Waals surface area contributed by atoms with Gasteiger partial charge in [-0.25, -0.2) is 4.39 Å². The standard InChI is InChI=1S/C16H25FN2O2/c1-10(17)12-6-13(16(21-4)7-15(12)20-3)14-5-11(8-18)9-19(14)2/h6-7,10-11,14H,5,8-9,18H2,1-4H3. The molecule has 1 saturated heterocycles. The van der Waals surface area contributed by atoms with Crippen molar-refractivity contribution in [3.8, 4) is 11.5 Å². The van der Waals surface area contributed by atoms with Gasteiger partial charge in [-0.2, -0.15) is 0 Å². The van der Waals surface area contributed by atoms with Crippen molar-refractivity contribution >= 4 is 0 Å². The lowest BCUT2D eigenvalue weighted by molar-refractivity contribution is 0.299. The number of nitrogens with two attached hydrogens (primary N) is 1. The molecule has 1 aliphatic heterocycles. The van der Waals surface area contributed by atoms with E-state index >= 15 is 0 Å². The zero-order valence-electron chi connectivity index (χ0n) is 13.2. The Morgan fingerprint density at radius 2 is 2.00 bits per heavy atom. The van der Waals surface area contributed by atoms with Crippen molar-refractivity contribution in [2.24, 2.45) is 11.7 Å². The number of alkyl halides is 1. The van der Waals surface area contributed by atoms with E-state index in [4.69, 9.17) is 15.2 Å². The molecule has 0 radical (unpaired) electrons. The summed E-state index contributed by atoms with van der Waals surface area (Å²) in [5.41, 5.74) is 7.37. The highest BCUT2D eigenvalue weighted by Gasteiger charge is 2.32. The molecule has 4 nitrogen and oxygen atoms in total. The van der Waals surface area contributed by atoms with Crippen LogP contribution >= 0.6 is 0 Å². The van der Waals surface area contributed by atoms with Gasteiger partial charge in [0.15, 0.2) is 0 Å². The predicted molar refractivity (Wildman–Crippen MR) is 81.6 cm³/mol. The molecule has 0 saturated carbocycles. The van der Waals surface area contributed by atoms with Gasteiger partial charge in [0.2, 0.25) is 0 Å². The summed E-state index contributed by atoms with van der Waals surface area (Å²) in [7, 11) is 5.25. The van der Waals surface area contributed by atoms with Crippen molar-refractivity contribution in [2.75, 3.05) is 34.4 Å². The minimum atomic E-state index is -1.08. The number of likely N-dealkylation sites (tertiary alicyclic amines) is 1. The number of benzene rings is 1. The van der Waals surface area contributed by atoms with Gasteiger partial charge >= 0.3 is 0 Å². The maximum Gasteiger partial charge on any atom is 0.128 e. The number of halogens is 1. The Balaban J connectivity index is 2.44. The van der Waals surface area contributed by atoms with Crippen LogP contribution in [-0.4, -0.2) is 39.3 Å². The van der Waals surface area contributed by atoms with E-state index in [2.05, 4.69) is 11.9 Å². The molecule has 1 aromatic carbocycles. The maximum absolute atomic E-state index is 13.9. The second-order valence-corrected chi connectivity index (χ2v) is 5.74. The maximum atomic E-state index is 13.9. The number of rotatable bonds is 5. The first-order valence-electron chi connectivity index (χ1n) is 7.32. The molecular formula is C16H25FN2O2. The third kappa shape index (κ3) is 3.14. The smallest absolute Gasteiger partial charge is 0.128 e. The molecule has 0 aromatic heterocycles. The Hall–Kier alpha value is -1.33. The van der Waals surface area contributed by atoms with Crippen LogP contribution in [0.2, 0.25) is 0 Å². The Kier molecular flexibility index (Phi) is 5.06. The summed E-state index contributed by atoms with van der Waals surface area (Å²) in [6.07, 6.45) is -0.114. The molecule has 0 bridgehead atoms. The average Bonchev–Trinajstić information content (AvgIpc) is 2.86. The lowest BCUT2D eigenvalue weighted by Gasteiger charge is -2.24. The second-order valence-electron chi connectivity index (χ2n) is 5.74. The first-order valence-corrected chi connectivity index (χ1v) is 7.32. The van der Waals surface area contributed by atoms with Crippen molar-refractivity contribution in [1.82, 2.24) is 4.90 Å². The van der Waals surface area contributed by atoms with Crippen molar-refractivity contribution in [3.05, 3.63) is 23.3 Å². The number of hydrogen-bond acceptors (Lipinski definition) is 4. The minimum Gasteiger partial charge on any atom is -0.496 e. The van der Waals surface area contributed by atoms with Crippen LogP contribution < -0.4 is 15.2 Å². The van der Waals surface area contributed by atoms with Crippen molar-refractivity contribution < 1.29 is 13.9 Å². The first kappa shape index (κ1) is 16.0. The summed E-state index contributed by atoms with van der Waals surface area (Å²) in [5.74, 6) is 1.74. The Labute approximate surface area is 126 Å². The number of nitrogens with zero attached hydrogens (tertiary/aromatic N) is 1. The van der Waals surface area contributed by atoms with E-state index in [0.717, 1.165) is 24.3 Å². The van der Waals surface area contributed by atoms with Crippen LogP contribution in [0.25, 0.3) is 0 Å². The molecule has 118 valence electrons. The van der Waals surface area contributed by atoms with Crippen LogP contribution in [0.5, 0.6) is 11.5 Å². The molecular weight excluding hydrogens is 271 g/mol. The molecule has 2 N–H and O–H groups in total. The molecule has 0 spiro atoms. The SMILES string of the molecule is COc1cc(OC)c(C2CC(CN)CN2C)cc1C(C)F. The van der Waals surface area contributed by atoms with Crippen LogP contribution in [0.15, 0.2) is 12.1 Å². The highest BCUT2D eigenvalue weighted by atomic mass is 19.1. The molecule has 3 unspecified atom stereocenters. The highest BCUT2D eigenvalue weighted by molar-refractivity contribution is 5.49. The Morgan fingerprint density at radius 3 is 2.48 bits per heavy atom. The predicted octanol–water partition coefficient (Wildman–Crippen LogP) is 2.69. The van der Waals surface area contributed by atoms with E-state index in [0.29, 0.717) is 23.8 Å². The van der Waals surface area contributed by atoms with Crippen LogP contribution in [0.1, 0.15) is 36.7 Å². The first-order chi connectivity index (χ1) is 10.0. The summed E-state index contributed by atoms with van der Waals surface area (Å²) in [6.45, 7) is 3.15. The van der Waals surface area contributed by atoms with E-state index in [1.165, 1.54) is 6.92 Å². The Morgan fingerprint density at radius 1 is 1.33 bits per heavy atom. The largest absolute Gasteiger partial charge is 0.496 e. The van der Waals surface area contributed by atoms with Crippen molar-refractivity contribution in [3.63, 3.8) is 0 Å². The van der Waals surface area contributed by atoms with Gasteiger partial charge in [0.05, 0.1) is 14.2 Å². The molecule has 2 rings (SSSR count). The van der Waals surface area contributed by atoms with Gasteiger partial charge in [-0.05, 0) is 38.9 Å². The molecule has 1 aliphatic rings. The molecule has 1 aromatic rings. The van der Waals surface area contributed by atoms with E-state index in [-0.39, 0.29) is 6.04 Å². The molecule has 5 heteroatoms. The molecule has 3 atom stereocenters. The van der Waals surface area contributed by atoms with E-state index in [9.17, 15) is 4.39 Å². The van der Waals surface area contributed by atoms with Crippen LogP contribution in [0.4, 0.5) is 4.39 Å². The zero-order valence-corrected chi connectivity index (χ0v) is 13.2. The highest BCUT2D eigenvalue weighted by Crippen LogP contribution is 2.42. The van der Waals surface area contributed by atoms with Gasteiger partial charge in [0.25, 0.3) is 0 Å². The fraction of sp³-hybridized carbons (Fsp3) is 0.625. The van der Waals surface area contributed by atoms with Gasteiger partial charge in [0, 0.05) is 29.8 Å². The summed E-state index contributed by atoms with van der Waals surface area (Å²) in [5, 5.41) is 0. The summed E-state index contributed by atoms with van der Waals surface area (Å²) in [6, 6.07) is 3.86. The van der Waals surface area contributed by atoms with Gasteiger partial charge in [-0.15, -0.1) is 0 Å². The molecule has 1 heterocycles. The van der Waals surface area contributed by atoms with Crippen LogP contribution in [0.3, 0.4) is 0 Å². The van der Waals surface area contributed by atoms with Gasteiger partial charge in [-0.3, -0.25) is 4.90 Å². The lowest BCUT2D eigenvalue weighted by atomic mass is 9.96. The monoisotopic (exact) mass is 296 g/mol. The third-order valence-electron chi connectivity index (χ3n) is 4.34. The van der Waals surface area contributed by atoms with E-state index in [1.807, 2.05) is 6.07 Å². The van der Waals surface area contributed by atoms with E-state index < -0.39 is 6.17 Å². The Bertz CT molecular complexity index is 493. The van der Waals surface area contributed by atoms with Gasteiger partial charge in [-0.1, -0.05) is 0 Å². The second kappa shape index (κ2) is 6.62. The normalized spacial score (nSPS) is 24.1. The van der Waals surface area contributed by atoms with E-state index in [1.54, 1.807) is 20.3 Å². The summed E-state index contributed by atoms with van der Waals surface area (Å²) < 4.78 is 24.6. The van der Waals surface area contributed by atoms with Crippen LogP contribution in [-0.2, 0) is 0 Å².